The van der Waals surface area contributed by atoms with Gasteiger partial charge in [0.25, 0.3) is 5.91 Å². The summed E-state index contributed by atoms with van der Waals surface area (Å²) in [6, 6.07) is 10.9. The van der Waals surface area contributed by atoms with Crippen molar-refractivity contribution in [1.82, 2.24) is 5.32 Å². The van der Waals surface area contributed by atoms with E-state index < -0.39 is 0 Å². The number of hydrogen-bond acceptors (Lipinski definition) is 4. The van der Waals surface area contributed by atoms with E-state index >= 15 is 0 Å². The third-order valence-electron chi connectivity index (χ3n) is 2.73. The van der Waals surface area contributed by atoms with Crippen molar-refractivity contribution in [3.8, 4) is 5.75 Å². The number of benzene rings is 1. The number of halogens is 2. The number of amides is 1. The number of nitrogens with one attached hydrogen (secondary N) is 1. The van der Waals surface area contributed by atoms with Gasteiger partial charge in [-0.2, -0.15) is 0 Å². The van der Waals surface area contributed by atoms with Gasteiger partial charge in [0.1, 0.15) is 18.1 Å². The van der Waals surface area contributed by atoms with E-state index in [1.165, 1.54) is 0 Å². The molecule has 7 heteroatoms. The summed E-state index contributed by atoms with van der Waals surface area (Å²) >= 11 is 3.38. The van der Waals surface area contributed by atoms with Crippen LogP contribution in [0.15, 0.2) is 45.3 Å². The zero-order chi connectivity index (χ0) is 15.1. The Morgan fingerprint density at radius 1 is 1.32 bits per heavy atom. The monoisotopic (exact) mass is 388 g/mol. The lowest BCUT2D eigenvalue weighted by molar-refractivity contribution is 0.0921. The molecule has 0 saturated heterocycles. The average Bonchev–Trinajstić information content (AvgIpc) is 2.94. The van der Waals surface area contributed by atoms with Crippen molar-refractivity contribution in [2.45, 2.75) is 13.0 Å². The quantitative estimate of drug-likeness (QED) is 0.713. The second kappa shape index (κ2) is 9.50. The smallest absolute Gasteiger partial charge is 0.286 e. The van der Waals surface area contributed by atoms with Crippen molar-refractivity contribution < 1.29 is 13.9 Å². The maximum Gasteiger partial charge on any atom is 0.286 e. The lowest BCUT2D eigenvalue weighted by Gasteiger charge is -2.04. The van der Waals surface area contributed by atoms with E-state index in [1.54, 1.807) is 12.1 Å². The van der Waals surface area contributed by atoms with Crippen LogP contribution in [0.1, 0.15) is 22.7 Å². The van der Waals surface area contributed by atoms with Crippen LogP contribution in [0.3, 0.4) is 0 Å². The standard InChI is InChI=1S/C15H17BrN2O3.ClH/c16-11-3-1-4-12(9-11)20-10-13-5-6-14(21-13)15(19)18-8-2-7-17;/h1,3-6,9H,2,7-8,10,17H2,(H,18,19);1H. The third kappa shape index (κ3) is 5.71. The summed E-state index contributed by atoms with van der Waals surface area (Å²) < 4.78 is 12.0. The zero-order valence-electron chi connectivity index (χ0n) is 11.9. The first-order valence-electron chi connectivity index (χ1n) is 6.64. The Balaban J connectivity index is 0.00000242. The van der Waals surface area contributed by atoms with Gasteiger partial charge in [0.05, 0.1) is 0 Å². The van der Waals surface area contributed by atoms with E-state index in [0.29, 0.717) is 18.8 Å². The lowest BCUT2D eigenvalue weighted by Crippen LogP contribution is -2.25. The average molecular weight is 390 g/mol. The van der Waals surface area contributed by atoms with Gasteiger partial charge in [0, 0.05) is 11.0 Å². The summed E-state index contributed by atoms with van der Waals surface area (Å²) in [4.78, 5) is 11.8. The fourth-order valence-corrected chi connectivity index (χ4v) is 2.06. The van der Waals surface area contributed by atoms with Crippen LogP contribution in [-0.4, -0.2) is 19.0 Å². The summed E-state index contributed by atoms with van der Waals surface area (Å²) in [5.41, 5.74) is 5.37. The maximum absolute atomic E-state index is 11.8. The molecule has 22 heavy (non-hydrogen) atoms. The second-order valence-electron chi connectivity index (χ2n) is 4.41. The van der Waals surface area contributed by atoms with Gasteiger partial charge in [0.2, 0.25) is 0 Å². The highest BCUT2D eigenvalue weighted by molar-refractivity contribution is 9.10. The fraction of sp³-hybridized carbons (Fsp3) is 0.267. The number of ether oxygens (including phenoxy) is 1. The first kappa shape index (κ1) is 18.5. The molecule has 0 aliphatic rings. The first-order valence-corrected chi connectivity index (χ1v) is 7.43. The number of carbonyl (C=O) groups excluding carboxylic acids is 1. The minimum atomic E-state index is -0.239. The lowest BCUT2D eigenvalue weighted by atomic mass is 10.3. The highest BCUT2D eigenvalue weighted by Gasteiger charge is 2.10. The Kier molecular flexibility index (Phi) is 8.01. The molecule has 0 atom stereocenters. The van der Waals surface area contributed by atoms with Gasteiger partial charge in [-0.05, 0) is 43.3 Å². The van der Waals surface area contributed by atoms with Gasteiger partial charge in [-0.3, -0.25) is 4.79 Å². The highest BCUT2D eigenvalue weighted by atomic mass is 79.9. The molecule has 0 saturated carbocycles. The first-order chi connectivity index (χ1) is 10.2. The largest absolute Gasteiger partial charge is 0.486 e. The molecular weight excluding hydrogens is 372 g/mol. The maximum atomic E-state index is 11.8. The minimum absolute atomic E-state index is 0. The van der Waals surface area contributed by atoms with Crippen LogP contribution in [0, 0.1) is 0 Å². The van der Waals surface area contributed by atoms with Gasteiger partial charge in [0.15, 0.2) is 5.76 Å². The fourth-order valence-electron chi connectivity index (χ4n) is 1.68. The number of rotatable bonds is 7. The molecule has 0 fully saturated rings. The predicted octanol–water partition coefficient (Wildman–Crippen LogP) is 3.12. The highest BCUT2D eigenvalue weighted by Crippen LogP contribution is 2.19. The van der Waals surface area contributed by atoms with Crippen LogP contribution in [-0.2, 0) is 6.61 Å². The van der Waals surface area contributed by atoms with E-state index in [4.69, 9.17) is 14.9 Å². The molecule has 120 valence electrons. The zero-order valence-corrected chi connectivity index (χ0v) is 14.3. The number of nitrogens with two attached hydrogens (primary N) is 1. The van der Waals surface area contributed by atoms with Crippen LogP contribution >= 0.6 is 28.3 Å². The normalized spacial score (nSPS) is 9.91. The van der Waals surface area contributed by atoms with Gasteiger partial charge >= 0.3 is 0 Å². The summed E-state index contributed by atoms with van der Waals surface area (Å²) in [7, 11) is 0. The summed E-state index contributed by atoms with van der Waals surface area (Å²) in [6.45, 7) is 1.36. The summed E-state index contributed by atoms with van der Waals surface area (Å²) in [5.74, 6) is 1.37. The molecule has 1 aromatic carbocycles. The molecular formula is C15H18BrClN2O3. The van der Waals surface area contributed by atoms with Crippen molar-refractivity contribution in [1.29, 1.82) is 0 Å². The Hall–Kier alpha value is -1.50. The number of hydrogen-bond donors (Lipinski definition) is 2. The molecule has 0 spiro atoms. The van der Waals surface area contributed by atoms with Crippen LogP contribution in [0.5, 0.6) is 5.75 Å². The minimum Gasteiger partial charge on any atom is -0.486 e. The van der Waals surface area contributed by atoms with E-state index in [0.717, 1.165) is 16.6 Å². The third-order valence-corrected chi connectivity index (χ3v) is 3.22. The molecule has 2 rings (SSSR count). The van der Waals surface area contributed by atoms with Crippen molar-refractivity contribution >= 4 is 34.2 Å². The number of carbonyl (C=O) groups is 1. The van der Waals surface area contributed by atoms with Crippen molar-refractivity contribution in [2.75, 3.05) is 13.1 Å². The predicted molar refractivity (Wildman–Crippen MR) is 90.4 cm³/mol. The van der Waals surface area contributed by atoms with Crippen molar-refractivity contribution in [3.05, 3.63) is 52.4 Å². The van der Waals surface area contributed by atoms with Gasteiger partial charge in [-0.25, -0.2) is 0 Å². The molecule has 2 aromatic rings. The molecule has 1 heterocycles. The second-order valence-corrected chi connectivity index (χ2v) is 5.33. The van der Waals surface area contributed by atoms with E-state index in [1.807, 2.05) is 24.3 Å². The molecule has 3 N–H and O–H groups in total. The van der Waals surface area contributed by atoms with Crippen molar-refractivity contribution in [3.63, 3.8) is 0 Å². The van der Waals surface area contributed by atoms with E-state index in [-0.39, 0.29) is 30.7 Å². The molecule has 0 radical (unpaired) electrons. The van der Waals surface area contributed by atoms with Crippen molar-refractivity contribution in [2.24, 2.45) is 5.73 Å². The summed E-state index contributed by atoms with van der Waals surface area (Å²) in [6.07, 6.45) is 0.741. The molecule has 1 aromatic heterocycles. The van der Waals surface area contributed by atoms with E-state index in [9.17, 15) is 4.79 Å². The van der Waals surface area contributed by atoms with Gasteiger partial charge in [-0.1, -0.05) is 22.0 Å². The Morgan fingerprint density at radius 3 is 2.86 bits per heavy atom. The topological polar surface area (TPSA) is 77.5 Å². The van der Waals surface area contributed by atoms with E-state index in [2.05, 4.69) is 21.2 Å². The summed E-state index contributed by atoms with van der Waals surface area (Å²) in [5, 5.41) is 2.73. The SMILES string of the molecule is Cl.NCCCNC(=O)c1ccc(COc2cccc(Br)c2)o1. The Morgan fingerprint density at radius 2 is 2.14 bits per heavy atom. The molecule has 1 amide bonds. The van der Waals surface area contributed by atoms with Crippen LogP contribution in [0.25, 0.3) is 0 Å². The Bertz CT molecular complexity index is 604. The molecule has 0 aliphatic heterocycles. The van der Waals surface area contributed by atoms with Gasteiger partial charge in [-0.15, -0.1) is 12.4 Å². The molecule has 5 nitrogen and oxygen atoms in total. The molecule has 0 aliphatic carbocycles. The van der Waals surface area contributed by atoms with Crippen LogP contribution in [0.4, 0.5) is 0 Å². The Labute approximate surface area is 143 Å². The van der Waals surface area contributed by atoms with Crippen LogP contribution < -0.4 is 15.8 Å². The number of furan rings is 1. The molecule has 0 bridgehead atoms. The molecule has 0 unspecified atom stereocenters. The van der Waals surface area contributed by atoms with Gasteiger partial charge < -0.3 is 20.2 Å². The van der Waals surface area contributed by atoms with Crippen LogP contribution in [0.2, 0.25) is 0 Å².